The predicted molar refractivity (Wildman–Crippen MR) is 105 cm³/mol. The number of hydrogen-bond acceptors (Lipinski definition) is 4. The summed E-state index contributed by atoms with van der Waals surface area (Å²) < 4.78 is 11.5. The van der Waals surface area contributed by atoms with Crippen LogP contribution in [0, 0.1) is 0 Å². The summed E-state index contributed by atoms with van der Waals surface area (Å²) in [4.78, 5) is 16.7. The number of likely N-dealkylation sites (tertiary alicyclic amines) is 1. The topological polar surface area (TPSA) is 54.0 Å². The molecule has 1 spiro atoms. The lowest BCUT2D eigenvalue weighted by Crippen LogP contribution is -2.48. The molecular weight excluding hydrogens is 342 g/mol. The Morgan fingerprint density at radius 2 is 1.63 bits per heavy atom. The summed E-state index contributed by atoms with van der Waals surface area (Å²) in [6.07, 6.45) is 1.43. The lowest BCUT2D eigenvalue weighted by molar-refractivity contribution is -0.181. The van der Waals surface area contributed by atoms with Crippen molar-refractivity contribution in [2.24, 2.45) is 0 Å². The number of hydrogen-bond donors (Lipinski definition) is 1. The van der Waals surface area contributed by atoms with E-state index in [2.05, 4.69) is 10.2 Å². The molecule has 0 aliphatic carbocycles. The van der Waals surface area contributed by atoms with Crippen LogP contribution >= 0.6 is 0 Å². The number of rotatable bonds is 3. The summed E-state index contributed by atoms with van der Waals surface area (Å²) in [7, 11) is 2.00. The molecule has 142 valence electrons. The Hall–Kier alpha value is -2.57. The molecule has 1 N–H and O–H groups in total. The van der Waals surface area contributed by atoms with Gasteiger partial charge in [0.1, 0.15) is 0 Å². The van der Waals surface area contributed by atoms with Gasteiger partial charge in [0.15, 0.2) is 5.79 Å². The fourth-order valence-electron chi connectivity index (χ4n) is 3.69. The highest BCUT2D eigenvalue weighted by Gasteiger charge is 2.40. The Morgan fingerprint density at radius 1 is 1.00 bits per heavy atom. The fourth-order valence-corrected chi connectivity index (χ4v) is 3.69. The third-order valence-electron chi connectivity index (χ3n) is 5.28. The second-order valence-electron chi connectivity index (χ2n) is 6.94. The van der Waals surface area contributed by atoms with Gasteiger partial charge in [-0.2, -0.15) is 0 Å². The number of urea groups is 1. The summed E-state index contributed by atoms with van der Waals surface area (Å²) in [6, 6.07) is 17.9. The standard InChI is InChI=1S/C21H25N3O3/c1-23(17-7-3-2-4-8-17)19-10-6-5-9-18(19)22-20(25)24-13-11-21(12-14-24)26-15-16-27-21/h2-10H,11-16H2,1H3,(H,22,25). The molecule has 27 heavy (non-hydrogen) atoms. The van der Waals surface area contributed by atoms with Crippen molar-refractivity contribution in [3.8, 4) is 0 Å². The van der Waals surface area contributed by atoms with Gasteiger partial charge < -0.3 is 24.6 Å². The van der Waals surface area contributed by atoms with E-state index in [0.717, 1.165) is 17.1 Å². The van der Waals surface area contributed by atoms with Crippen molar-refractivity contribution in [1.29, 1.82) is 0 Å². The number of amides is 2. The predicted octanol–water partition coefficient (Wildman–Crippen LogP) is 3.83. The number of ether oxygens (including phenoxy) is 2. The molecule has 4 rings (SSSR count). The van der Waals surface area contributed by atoms with Gasteiger partial charge in [-0.15, -0.1) is 0 Å². The van der Waals surface area contributed by atoms with E-state index in [-0.39, 0.29) is 6.03 Å². The zero-order valence-corrected chi connectivity index (χ0v) is 15.6. The van der Waals surface area contributed by atoms with Gasteiger partial charge in [-0.25, -0.2) is 4.79 Å². The van der Waals surface area contributed by atoms with Gasteiger partial charge in [-0.05, 0) is 24.3 Å². The van der Waals surface area contributed by atoms with Crippen LogP contribution in [0.1, 0.15) is 12.8 Å². The van der Waals surface area contributed by atoms with E-state index in [9.17, 15) is 4.79 Å². The summed E-state index contributed by atoms with van der Waals surface area (Å²) in [6.45, 7) is 2.54. The minimum absolute atomic E-state index is 0.0863. The Morgan fingerprint density at radius 3 is 2.33 bits per heavy atom. The summed E-state index contributed by atoms with van der Waals surface area (Å²) in [5, 5.41) is 3.07. The molecule has 2 amide bonds. The van der Waals surface area contributed by atoms with E-state index in [1.807, 2.05) is 66.5 Å². The van der Waals surface area contributed by atoms with Crippen LogP contribution in [0.3, 0.4) is 0 Å². The number of benzene rings is 2. The molecule has 0 unspecified atom stereocenters. The number of nitrogens with zero attached hydrogens (tertiary/aromatic N) is 2. The Bertz CT molecular complexity index is 780. The monoisotopic (exact) mass is 367 g/mol. The second-order valence-corrected chi connectivity index (χ2v) is 6.94. The largest absolute Gasteiger partial charge is 0.347 e. The summed E-state index contributed by atoms with van der Waals surface area (Å²) in [5.41, 5.74) is 2.81. The average molecular weight is 367 g/mol. The Balaban J connectivity index is 1.44. The van der Waals surface area contributed by atoms with Crippen LogP contribution < -0.4 is 10.2 Å². The van der Waals surface area contributed by atoms with Gasteiger partial charge in [0.2, 0.25) is 0 Å². The lowest BCUT2D eigenvalue weighted by atomic mass is 10.0. The maximum Gasteiger partial charge on any atom is 0.321 e. The molecule has 0 radical (unpaired) electrons. The van der Waals surface area contributed by atoms with Crippen molar-refractivity contribution < 1.29 is 14.3 Å². The zero-order chi connectivity index (χ0) is 18.7. The number of piperidine rings is 1. The molecule has 2 fully saturated rings. The SMILES string of the molecule is CN(c1ccccc1)c1ccccc1NC(=O)N1CCC2(CC1)OCCO2. The van der Waals surface area contributed by atoms with E-state index in [4.69, 9.17) is 9.47 Å². The van der Waals surface area contributed by atoms with Crippen LogP contribution in [-0.4, -0.2) is 50.1 Å². The first kappa shape index (κ1) is 17.8. The summed E-state index contributed by atoms with van der Waals surface area (Å²) in [5.74, 6) is -0.470. The van der Waals surface area contributed by atoms with Crippen molar-refractivity contribution in [3.05, 3.63) is 54.6 Å². The van der Waals surface area contributed by atoms with Crippen LogP contribution in [0.5, 0.6) is 0 Å². The van der Waals surface area contributed by atoms with E-state index < -0.39 is 5.79 Å². The number of para-hydroxylation sites is 3. The minimum Gasteiger partial charge on any atom is -0.347 e. The van der Waals surface area contributed by atoms with Crippen LogP contribution in [0.4, 0.5) is 21.9 Å². The smallest absolute Gasteiger partial charge is 0.321 e. The maximum absolute atomic E-state index is 12.8. The van der Waals surface area contributed by atoms with Crippen molar-refractivity contribution in [1.82, 2.24) is 4.90 Å². The molecule has 0 atom stereocenters. The van der Waals surface area contributed by atoms with Crippen LogP contribution in [0.2, 0.25) is 0 Å². The van der Waals surface area contributed by atoms with Crippen LogP contribution in [0.25, 0.3) is 0 Å². The van der Waals surface area contributed by atoms with Crippen LogP contribution in [0.15, 0.2) is 54.6 Å². The van der Waals surface area contributed by atoms with Crippen molar-refractivity contribution in [2.75, 3.05) is 43.6 Å². The van der Waals surface area contributed by atoms with Gasteiger partial charge in [0, 0.05) is 38.7 Å². The molecular formula is C21H25N3O3. The van der Waals surface area contributed by atoms with Gasteiger partial charge in [-0.1, -0.05) is 30.3 Å². The molecule has 0 bridgehead atoms. The molecule has 2 aromatic carbocycles. The molecule has 0 aromatic heterocycles. The van der Waals surface area contributed by atoms with Crippen molar-refractivity contribution >= 4 is 23.1 Å². The molecule has 2 aliphatic heterocycles. The first-order valence-corrected chi connectivity index (χ1v) is 9.39. The normalized spacial score (nSPS) is 18.5. The van der Waals surface area contributed by atoms with Crippen LogP contribution in [-0.2, 0) is 9.47 Å². The molecule has 2 heterocycles. The van der Waals surface area contributed by atoms with Gasteiger partial charge >= 0.3 is 6.03 Å². The summed E-state index contributed by atoms with van der Waals surface area (Å²) >= 11 is 0. The van der Waals surface area contributed by atoms with E-state index in [1.165, 1.54) is 0 Å². The molecule has 2 aromatic rings. The minimum atomic E-state index is -0.470. The molecule has 2 aliphatic rings. The van der Waals surface area contributed by atoms with Crippen molar-refractivity contribution in [3.63, 3.8) is 0 Å². The molecule has 6 heteroatoms. The fraction of sp³-hybridized carbons (Fsp3) is 0.381. The molecule has 0 saturated carbocycles. The maximum atomic E-state index is 12.8. The first-order chi connectivity index (χ1) is 13.2. The van der Waals surface area contributed by atoms with E-state index in [0.29, 0.717) is 39.1 Å². The highest BCUT2D eigenvalue weighted by molar-refractivity contribution is 5.94. The number of carbonyl (C=O) groups excluding carboxylic acids is 1. The highest BCUT2D eigenvalue weighted by Crippen LogP contribution is 2.33. The van der Waals surface area contributed by atoms with Gasteiger partial charge in [0.05, 0.1) is 24.6 Å². The third kappa shape index (κ3) is 3.77. The average Bonchev–Trinajstić information content (AvgIpc) is 3.17. The first-order valence-electron chi connectivity index (χ1n) is 9.39. The highest BCUT2D eigenvalue weighted by atomic mass is 16.7. The number of nitrogens with one attached hydrogen (secondary N) is 1. The Labute approximate surface area is 159 Å². The van der Waals surface area contributed by atoms with E-state index in [1.54, 1.807) is 0 Å². The van der Waals surface area contributed by atoms with Gasteiger partial charge in [-0.3, -0.25) is 0 Å². The third-order valence-corrected chi connectivity index (χ3v) is 5.28. The Kier molecular flexibility index (Phi) is 5.01. The second kappa shape index (κ2) is 7.58. The van der Waals surface area contributed by atoms with E-state index >= 15 is 0 Å². The quantitative estimate of drug-likeness (QED) is 0.896. The number of anilines is 3. The zero-order valence-electron chi connectivity index (χ0n) is 15.6. The van der Waals surface area contributed by atoms with Gasteiger partial charge in [0.25, 0.3) is 0 Å². The van der Waals surface area contributed by atoms with Crippen molar-refractivity contribution in [2.45, 2.75) is 18.6 Å². The number of carbonyl (C=O) groups is 1. The lowest BCUT2D eigenvalue weighted by Gasteiger charge is -2.37. The molecule has 2 saturated heterocycles. The molecule has 6 nitrogen and oxygen atoms in total.